The number of aryl methyl sites for hydroxylation is 2. The zero-order chi connectivity index (χ0) is 25.2. The molecule has 34 heavy (non-hydrogen) atoms. The number of fused-ring (bicyclic) bond motifs is 1. The molecule has 0 N–H and O–H groups in total. The fraction of sp³-hybridized carbons (Fsp3) is 0.417. The van der Waals surface area contributed by atoms with E-state index in [1.165, 1.54) is 15.3 Å². The van der Waals surface area contributed by atoms with Crippen LogP contribution in [0.3, 0.4) is 0 Å². The van der Waals surface area contributed by atoms with Gasteiger partial charge in [-0.2, -0.15) is 4.31 Å². The summed E-state index contributed by atoms with van der Waals surface area (Å²) in [5.74, 6) is -1.41. The Morgan fingerprint density at radius 2 is 1.76 bits per heavy atom. The van der Waals surface area contributed by atoms with Gasteiger partial charge < -0.3 is 9.47 Å². The van der Waals surface area contributed by atoms with Gasteiger partial charge in [-0.25, -0.2) is 22.2 Å². The Bertz CT molecular complexity index is 1300. The van der Waals surface area contributed by atoms with Crippen molar-refractivity contribution in [3.05, 3.63) is 59.4 Å². The van der Waals surface area contributed by atoms with Crippen molar-refractivity contribution in [3.63, 3.8) is 0 Å². The van der Waals surface area contributed by atoms with Crippen LogP contribution in [-0.2, 0) is 28.3 Å². The Balaban J connectivity index is 1.76. The minimum absolute atomic E-state index is 0.159. The van der Waals surface area contributed by atoms with Crippen LogP contribution in [0.5, 0.6) is 0 Å². The summed E-state index contributed by atoms with van der Waals surface area (Å²) in [5.41, 5.74) is 1.81. The summed E-state index contributed by atoms with van der Waals surface area (Å²) >= 11 is 0. The van der Waals surface area contributed by atoms with Gasteiger partial charge in [0.2, 0.25) is 15.9 Å². The highest BCUT2D eigenvalue weighted by molar-refractivity contribution is 7.89. The first-order chi connectivity index (χ1) is 16.0. The Morgan fingerprint density at radius 3 is 2.38 bits per heavy atom. The number of nitrogens with zero attached hydrogens (tertiary/aromatic N) is 4. The molecule has 3 rings (SSSR count). The maximum absolute atomic E-state index is 13.6. The molecule has 1 atom stereocenters. The minimum atomic E-state index is -3.60. The molecule has 184 valence electrons. The first-order valence-corrected chi connectivity index (χ1v) is 12.6. The molecule has 0 aliphatic rings. The number of carbonyl (C=O) groups excluding carboxylic acids is 1. The van der Waals surface area contributed by atoms with Gasteiger partial charge in [-0.05, 0) is 42.8 Å². The molecule has 0 radical (unpaired) electrons. The second kappa shape index (κ2) is 10.2. The zero-order valence-electron chi connectivity index (χ0n) is 20.0. The molecule has 0 fully saturated rings. The summed E-state index contributed by atoms with van der Waals surface area (Å²) in [6.07, 6.45) is 0.503. The van der Waals surface area contributed by atoms with Crippen LogP contribution in [0.1, 0.15) is 44.6 Å². The van der Waals surface area contributed by atoms with E-state index in [1.54, 1.807) is 46.0 Å². The number of halogens is 2. The number of aromatic nitrogens is 2. The third kappa shape index (κ3) is 4.97. The first kappa shape index (κ1) is 25.8. The average molecular weight is 493 g/mol. The van der Waals surface area contributed by atoms with Gasteiger partial charge in [0, 0.05) is 40.0 Å². The number of hydrogen-bond donors (Lipinski definition) is 0. The van der Waals surface area contributed by atoms with Crippen molar-refractivity contribution in [2.24, 2.45) is 7.05 Å². The number of sulfonamides is 1. The van der Waals surface area contributed by atoms with Gasteiger partial charge >= 0.3 is 0 Å². The van der Waals surface area contributed by atoms with E-state index in [4.69, 9.17) is 0 Å². The number of imidazole rings is 1. The second-order valence-electron chi connectivity index (χ2n) is 8.18. The predicted molar refractivity (Wildman–Crippen MR) is 127 cm³/mol. The van der Waals surface area contributed by atoms with E-state index in [1.807, 2.05) is 11.6 Å². The summed E-state index contributed by atoms with van der Waals surface area (Å²) < 4.78 is 55.7. The molecule has 1 heterocycles. The largest absolute Gasteiger partial charge is 0.339 e. The lowest BCUT2D eigenvalue weighted by Crippen LogP contribution is -2.30. The SMILES string of the molecule is CCN(CC)S(=O)(=O)c1ccc2c(c1)nc(CCC(=O)N(C)C(C)c1ccc(F)c(F)c1)n2C. The molecule has 0 aliphatic carbocycles. The van der Waals surface area contributed by atoms with Crippen LogP contribution in [0.4, 0.5) is 8.78 Å². The molecule has 1 unspecified atom stereocenters. The molecule has 10 heteroatoms. The van der Waals surface area contributed by atoms with Gasteiger partial charge in [-0.3, -0.25) is 4.79 Å². The van der Waals surface area contributed by atoms with Crippen LogP contribution in [0.25, 0.3) is 11.0 Å². The van der Waals surface area contributed by atoms with E-state index in [-0.39, 0.29) is 17.2 Å². The van der Waals surface area contributed by atoms with E-state index in [0.717, 1.165) is 17.6 Å². The Labute approximate surface area is 199 Å². The van der Waals surface area contributed by atoms with Crippen LogP contribution < -0.4 is 0 Å². The van der Waals surface area contributed by atoms with Crippen LogP contribution in [0.2, 0.25) is 0 Å². The Morgan fingerprint density at radius 1 is 1.09 bits per heavy atom. The Kier molecular flexibility index (Phi) is 7.72. The van der Waals surface area contributed by atoms with Crippen LogP contribution in [0, 0.1) is 11.6 Å². The third-order valence-corrected chi connectivity index (χ3v) is 8.30. The van der Waals surface area contributed by atoms with E-state index in [0.29, 0.717) is 36.4 Å². The van der Waals surface area contributed by atoms with E-state index in [2.05, 4.69) is 4.98 Å². The van der Waals surface area contributed by atoms with E-state index in [9.17, 15) is 22.0 Å². The second-order valence-corrected chi connectivity index (χ2v) is 10.1. The first-order valence-electron chi connectivity index (χ1n) is 11.2. The van der Waals surface area contributed by atoms with E-state index >= 15 is 0 Å². The van der Waals surface area contributed by atoms with Gasteiger partial charge in [0.1, 0.15) is 5.82 Å². The van der Waals surface area contributed by atoms with Crippen LogP contribution >= 0.6 is 0 Å². The molecule has 1 amide bonds. The fourth-order valence-electron chi connectivity index (χ4n) is 3.93. The molecule has 0 spiro atoms. The highest BCUT2D eigenvalue weighted by atomic mass is 32.2. The molecule has 0 saturated heterocycles. The lowest BCUT2D eigenvalue weighted by atomic mass is 10.1. The number of carbonyl (C=O) groups is 1. The van der Waals surface area contributed by atoms with Crippen molar-refractivity contribution in [2.45, 2.75) is 44.6 Å². The molecule has 3 aromatic rings. The van der Waals surface area contributed by atoms with Gasteiger partial charge in [-0.1, -0.05) is 19.9 Å². The van der Waals surface area contributed by atoms with Gasteiger partial charge in [0.05, 0.1) is 22.0 Å². The number of benzene rings is 2. The molecular weight excluding hydrogens is 462 g/mol. The summed E-state index contributed by atoms with van der Waals surface area (Å²) in [7, 11) is -0.162. The highest BCUT2D eigenvalue weighted by Crippen LogP contribution is 2.24. The van der Waals surface area contributed by atoms with Crippen molar-refractivity contribution >= 4 is 27.0 Å². The summed E-state index contributed by atoms with van der Waals surface area (Å²) in [6.45, 7) is 6.09. The van der Waals surface area contributed by atoms with Gasteiger partial charge in [0.15, 0.2) is 11.6 Å². The maximum atomic E-state index is 13.6. The number of amides is 1. The predicted octanol–water partition coefficient (Wildman–Crippen LogP) is 4.03. The maximum Gasteiger partial charge on any atom is 0.243 e. The molecular formula is C24H30F2N4O3S. The lowest BCUT2D eigenvalue weighted by Gasteiger charge is -2.25. The summed E-state index contributed by atoms with van der Waals surface area (Å²) in [4.78, 5) is 19.0. The van der Waals surface area contributed by atoms with Crippen molar-refractivity contribution < 1.29 is 22.0 Å². The Hall–Kier alpha value is -2.85. The smallest absolute Gasteiger partial charge is 0.243 e. The monoisotopic (exact) mass is 492 g/mol. The third-order valence-electron chi connectivity index (χ3n) is 6.25. The molecule has 0 aliphatic heterocycles. The quantitative estimate of drug-likeness (QED) is 0.452. The minimum Gasteiger partial charge on any atom is -0.339 e. The van der Waals surface area contributed by atoms with Gasteiger partial charge in [0.25, 0.3) is 0 Å². The van der Waals surface area contributed by atoms with Crippen LogP contribution in [-0.4, -0.2) is 53.2 Å². The van der Waals surface area contributed by atoms with Crippen LogP contribution in [0.15, 0.2) is 41.3 Å². The van der Waals surface area contributed by atoms with Crippen molar-refractivity contribution in [1.29, 1.82) is 0 Å². The number of hydrogen-bond acceptors (Lipinski definition) is 4. The number of rotatable bonds is 9. The van der Waals surface area contributed by atoms with Crippen molar-refractivity contribution in [1.82, 2.24) is 18.8 Å². The van der Waals surface area contributed by atoms with Crippen molar-refractivity contribution in [3.8, 4) is 0 Å². The fourth-order valence-corrected chi connectivity index (χ4v) is 5.41. The topological polar surface area (TPSA) is 75.5 Å². The molecule has 2 aromatic carbocycles. The lowest BCUT2D eigenvalue weighted by molar-refractivity contribution is -0.131. The molecule has 0 saturated carbocycles. The summed E-state index contributed by atoms with van der Waals surface area (Å²) in [6, 6.07) is 8.03. The van der Waals surface area contributed by atoms with Gasteiger partial charge in [-0.15, -0.1) is 0 Å². The highest BCUT2D eigenvalue weighted by Gasteiger charge is 2.23. The summed E-state index contributed by atoms with van der Waals surface area (Å²) in [5, 5.41) is 0. The van der Waals surface area contributed by atoms with Crippen molar-refractivity contribution in [2.75, 3.05) is 20.1 Å². The standard InChI is InChI=1S/C24H30F2N4O3S/c1-6-30(7-2)34(32,33)18-9-11-22-21(15-18)27-23(29(22)5)12-13-24(31)28(4)16(3)17-8-10-19(25)20(26)14-17/h8-11,14-16H,6-7,12-13H2,1-5H3. The molecule has 7 nitrogen and oxygen atoms in total. The molecule has 1 aromatic heterocycles. The van der Waals surface area contributed by atoms with E-state index < -0.39 is 27.7 Å². The zero-order valence-corrected chi connectivity index (χ0v) is 20.9. The average Bonchev–Trinajstić information content (AvgIpc) is 3.13. The molecule has 0 bridgehead atoms. The normalized spacial score (nSPS) is 12.9.